The van der Waals surface area contributed by atoms with Crippen molar-refractivity contribution in [3.8, 4) is 0 Å². The predicted octanol–water partition coefficient (Wildman–Crippen LogP) is 1.31. The van der Waals surface area contributed by atoms with E-state index in [0.717, 1.165) is 0 Å². The van der Waals surface area contributed by atoms with Crippen LogP contribution in [0.1, 0.15) is 0 Å². The van der Waals surface area contributed by atoms with Gasteiger partial charge in [-0.1, -0.05) is 11.6 Å². The van der Waals surface area contributed by atoms with Gasteiger partial charge in [-0.15, -0.1) is 5.10 Å². The van der Waals surface area contributed by atoms with Gasteiger partial charge in [0.2, 0.25) is 0 Å². The third-order valence-corrected chi connectivity index (χ3v) is 2.74. The normalized spacial score (nSPS) is 12.1. The molecule has 0 saturated heterocycles. The van der Waals surface area contributed by atoms with Gasteiger partial charge < -0.3 is 0 Å². The van der Waals surface area contributed by atoms with Crippen molar-refractivity contribution in [3.05, 3.63) is 23.4 Å². The molecule has 0 radical (unpaired) electrons. The quantitative estimate of drug-likeness (QED) is 0.718. The van der Waals surface area contributed by atoms with Crippen LogP contribution in [0, 0.1) is 0 Å². The second-order valence-electron chi connectivity index (χ2n) is 2.48. The first-order valence-corrected chi connectivity index (χ1v) is 6.12. The Labute approximate surface area is 88.7 Å². The summed E-state index contributed by atoms with van der Waals surface area (Å²) >= 11 is 5.67. The van der Waals surface area contributed by atoms with Crippen LogP contribution in [-0.2, 0) is 9.05 Å². The maximum atomic E-state index is 10.9. The van der Waals surface area contributed by atoms with E-state index in [4.69, 9.17) is 22.3 Å². The lowest BCUT2D eigenvalue weighted by Gasteiger charge is -1.89. The summed E-state index contributed by atoms with van der Waals surface area (Å²) in [5.41, 5.74) is 0.369. The van der Waals surface area contributed by atoms with Gasteiger partial charge in [-0.05, 0) is 12.1 Å². The van der Waals surface area contributed by atoms with E-state index >= 15 is 0 Å². The first-order chi connectivity index (χ1) is 6.47. The molecule has 0 aliphatic heterocycles. The summed E-state index contributed by atoms with van der Waals surface area (Å²) < 4.78 is 23.0. The summed E-state index contributed by atoms with van der Waals surface area (Å²) in [5.74, 6) is 0. The molecule has 0 aliphatic rings. The summed E-state index contributed by atoms with van der Waals surface area (Å²) in [6.45, 7) is 0. The van der Waals surface area contributed by atoms with Gasteiger partial charge in [0.1, 0.15) is 0 Å². The molecule has 0 atom stereocenters. The molecular weight excluding hydrogens is 249 g/mol. The Morgan fingerprint density at radius 1 is 1.36 bits per heavy atom. The molecule has 5 nitrogen and oxygen atoms in total. The summed E-state index contributed by atoms with van der Waals surface area (Å²) in [7, 11) is 1.18. The summed E-state index contributed by atoms with van der Waals surface area (Å²) in [6.07, 6.45) is 1.44. The van der Waals surface area contributed by atoms with Crippen molar-refractivity contribution < 1.29 is 8.42 Å². The number of halogens is 2. The second kappa shape index (κ2) is 3.08. The highest BCUT2D eigenvalue weighted by molar-refractivity contribution is 8.13. The molecular formula is C6H3Cl2N3O2S. The van der Waals surface area contributed by atoms with E-state index in [-0.39, 0.29) is 0 Å². The van der Waals surface area contributed by atoms with Crippen LogP contribution < -0.4 is 0 Å². The molecule has 0 unspecified atom stereocenters. The highest BCUT2D eigenvalue weighted by Crippen LogP contribution is 2.14. The molecule has 2 heterocycles. The summed E-state index contributed by atoms with van der Waals surface area (Å²) in [4.78, 5) is 3.70. The van der Waals surface area contributed by atoms with Crippen LogP contribution in [0.3, 0.4) is 0 Å². The fourth-order valence-corrected chi connectivity index (χ4v) is 1.68. The minimum Gasteiger partial charge on any atom is -0.218 e. The number of rotatable bonds is 1. The molecule has 0 fully saturated rings. The van der Waals surface area contributed by atoms with Crippen molar-refractivity contribution in [3.63, 3.8) is 0 Å². The van der Waals surface area contributed by atoms with Crippen molar-refractivity contribution in [2.75, 3.05) is 0 Å². The molecule has 0 bridgehead atoms. The number of hydrogen-bond acceptors (Lipinski definition) is 4. The molecule has 0 spiro atoms. The first kappa shape index (κ1) is 9.70. The number of hydrogen-bond donors (Lipinski definition) is 0. The number of pyridine rings is 1. The van der Waals surface area contributed by atoms with Gasteiger partial charge in [-0.2, -0.15) is 4.98 Å². The minimum atomic E-state index is -3.89. The topological polar surface area (TPSA) is 64.3 Å². The molecule has 0 aliphatic carbocycles. The van der Waals surface area contributed by atoms with E-state index in [0.29, 0.717) is 10.7 Å². The Bertz CT molecular complexity index is 592. The third-order valence-electron chi connectivity index (χ3n) is 1.49. The van der Waals surface area contributed by atoms with E-state index in [1.165, 1.54) is 10.7 Å². The fraction of sp³-hybridized carbons (Fsp3) is 0. The molecule has 0 N–H and O–H groups in total. The lowest BCUT2D eigenvalue weighted by Crippen LogP contribution is -1.93. The van der Waals surface area contributed by atoms with Crippen molar-refractivity contribution in [1.29, 1.82) is 0 Å². The van der Waals surface area contributed by atoms with Gasteiger partial charge in [0, 0.05) is 16.9 Å². The Balaban J connectivity index is 2.75. The molecule has 8 heteroatoms. The van der Waals surface area contributed by atoms with Crippen LogP contribution in [0.5, 0.6) is 0 Å². The zero-order valence-electron chi connectivity index (χ0n) is 6.55. The molecule has 0 saturated carbocycles. The lowest BCUT2D eigenvalue weighted by molar-refractivity contribution is 0.601. The fourth-order valence-electron chi connectivity index (χ4n) is 0.941. The average Bonchev–Trinajstić information content (AvgIpc) is 2.45. The second-order valence-corrected chi connectivity index (χ2v) is 5.38. The maximum absolute atomic E-state index is 10.9. The zero-order chi connectivity index (χ0) is 10.3. The third kappa shape index (κ3) is 1.68. The summed E-state index contributed by atoms with van der Waals surface area (Å²) in [5, 5.41) is 3.65. The lowest BCUT2D eigenvalue weighted by atomic mass is 10.5. The molecule has 2 rings (SSSR count). The number of aromatic nitrogens is 3. The minimum absolute atomic E-state index is 0.369. The largest absolute Gasteiger partial charge is 0.298 e. The first-order valence-electron chi connectivity index (χ1n) is 3.43. The average molecular weight is 252 g/mol. The SMILES string of the molecule is O=S(=O)(Cl)c1nc2ccc(Cl)cn2n1. The van der Waals surface area contributed by atoms with Crippen molar-refractivity contribution in [2.45, 2.75) is 5.16 Å². The Morgan fingerprint density at radius 3 is 2.71 bits per heavy atom. The maximum Gasteiger partial charge on any atom is 0.298 e. The summed E-state index contributed by atoms with van der Waals surface area (Å²) in [6, 6.07) is 3.12. The van der Waals surface area contributed by atoms with Gasteiger partial charge >= 0.3 is 0 Å². The van der Waals surface area contributed by atoms with Crippen LogP contribution in [0.25, 0.3) is 5.65 Å². The van der Waals surface area contributed by atoms with Crippen LogP contribution in [0.4, 0.5) is 0 Å². The standard InChI is InChI=1S/C6H3Cl2N3O2S/c7-4-1-2-5-9-6(14(8,12)13)10-11(5)3-4/h1-3H. The Morgan fingerprint density at radius 2 is 2.07 bits per heavy atom. The van der Waals surface area contributed by atoms with Crippen molar-refractivity contribution >= 4 is 37.0 Å². The smallest absolute Gasteiger partial charge is 0.218 e. The Kier molecular flexibility index (Phi) is 2.13. The van der Waals surface area contributed by atoms with E-state index in [2.05, 4.69) is 10.1 Å². The van der Waals surface area contributed by atoms with Gasteiger partial charge in [0.25, 0.3) is 14.2 Å². The molecule has 0 aromatic carbocycles. The zero-order valence-corrected chi connectivity index (χ0v) is 8.88. The van der Waals surface area contributed by atoms with Gasteiger partial charge in [-0.3, -0.25) is 0 Å². The van der Waals surface area contributed by atoms with E-state index in [1.807, 2.05) is 0 Å². The van der Waals surface area contributed by atoms with Gasteiger partial charge in [0.05, 0.1) is 5.02 Å². The van der Waals surface area contributed by atoms with Crippen LogP contribution in [0.15, 0.2) is 23.5 Å². The van der Waals surface area contributed by atoms with Crippen molar-refractivity contribution in [2.24, 2.45) is 0 Å². The van der Waals surface area contributed by atoms with E-state index in [1.54, 1.807) is 12.1 Å². The van der Waals surface area contributed by atoms with Crippen LogP contribution >= 0.6 is 22.3 Å². The predicted molar refractivity (Wildman–Crippen MR) is 51.0 cm³/mol. The molecule has 74 valence electrons. The van der Waals surface area contributed by atoms with Gasteiger partial charge in [-0.25, -0.2) is 12.9 Å². The highest BCUT2D eigenvalue weighted by atomic mass is 35.7. The number of nitrogens with zero attached hydrogens (tertiary/aromatic N) is 3. The molecule has 0 amide bonds. The van der Waals surface area contributed by atoms with Crippen LogP contribution in [-0.4, -0.2) is 23.0 Å². The molecule has 2 aromatic heterocycles. The molecule has 14 heavy (non-hydrogen) atoms. The monoisotopic (exact) mass is 251 g/mol. The highest BCUT2D eigenvalue weighted by Gasteiger charge is 2.16. The van der Waals surface area contributed by atoms with Crippen LogP contribution in [0.2, 0.25) is 5.02 Å². The number of fused-ring (bicyclic) bond motifs is 1. The van der Waals surface area contributed by atoms with E-state index < -0.39 is 14.2 Å². The molecule has 2 aromatic rings. The van der Waals surface area contributed by atoms with E-state index in [9.17, 15) is 8.42 Å². The van der Waals surface area contributed by atoms with Gasteiger partial charge in [0.15, 0.2) is 5.65 Å². The van der Waals surface area contributed by atoms with Crippen molar-refractivity contribution in [1.82, 2.24) is 14.6 Å². The Hall–Kier alpha value is -0.850.